The molecule has 2 aromatic rings. The monoisotopic (exact) mass is 429 g/mol. The Morgan fingerprint density at radius 3 is 2.66 bits per heavy atom. The van der Waals surface area contributed by atoms with Crippen LogP contribution in [0, 0.1) is 5.41 Å². The van der Waals surface area contributed by atoms with Crippen molar-refractivity contribution in [2.24, 2.45) is 4.99 Å². The lowest BCUT2D eigenvalue weighted by molar-refractivity contribution is -0.114. The van der Waals surface area contributed by atoms with Crippen LogP contribution < -0.4 is 9.47 Å². The van der Waals surface area contributed by atoms with Crippen LogP contribution in [0.3, 0.4) is 0 Å². The average molecular weight is 429 g/mol. The van der Waals surface area contributed by atoms with Crippen LogP contribution in [-0.4, -0.2) is 35.9 Å². The highest BCUT2D eigenvalue weighted by molar-refractivity contribution is 6.32. The van der Waals surface area contributed by atoms with Crippen molar-refractivity contribution in [3.8, 4) is 11.5 Å². The molecule has 4 rings (SSSR count). The summed E-state index contributed by atoms with van der Waals surface area (Å²) in [7, 11) is 0. The molecule has 1 amide bonds. The number of para-hydroxylation sites is 1. The molecule has 0 saturated heterocycles. The molecule has 2 aliphatic heterocycles. The molecule has 32 heavy (non-hydrogen) atoms. The molecule has 0 atom stereocenters. The highest BCUT2D eigenvalue weighted by atomic mass is 16.7. The number of amidine groups is 2. The number of fused-ring (bicyclic) bond motifs is 1. The Hall–Kier alpha value is -4.13. The number of carbonyl (C=O) groups is 1. The highest BCUT2D eigenvalue weighted by Gasteiger charge is 2.34. The zero-order chi connectivity index (χ0) is 22.5. The minimum atomic E-state index is -0.468. The van der Waals surface area contributed by atoms with Gasteiger partial charge in [0.1, 0.15) is 30.5 Å². The minimum Gasteiger partial charge on any atom is -0.490 e. The van der Waals surface area contributed by atoms with E-state index in [2.05, 4.69) is 11.6 Å². The van der Waals surface area contributed by atoms with Gasteiger partial charge >= 0.3 is 0 Å². The molecular weight excluding hydrogens is 406 g/mol. The van der Waals surface area contributed by atoms with Crippen LogP contribution >= 0.6 is 0 Å². The number of aliphatic imine (C=N–C) groups is 1. The van der Waals surface area contributed by atoms with Crippen molar-refractivity contribution in [1.29, 1.82) is 5.41 Å². The summed E-state index contributed by atoms with van der Waals surface area (Å²) in [6.45, 7) is 6.32. The summed E-state index contributed by atoms with van der Waals surface area (Å²) in [4.78, 5) is 21.7. The van der Waals surface area contributed by atoms with Gasteiger partial charge in [-0.05, 0) is 48.7 Å². The van der Waals surface area contributed by atoms with Gasteiger partial charge in [-0.2, -0.15) is 4.99 Å². The summed E-state index contributed by atoms with van der Waals surface area (Å²) < 4.78 is 11.6. The Morgan fingerprint density at radius 1 is 1.12 bits per heavy atom. The number of ether oxygens (including phenoxy) is 2. The van der Waals surface area contributed by atoms with Gasteiger partial charge in [0.05, 0.1) is 5.57 Å². The molecule has 1 N–H and O–H groups in total. The van der Waals surface area contributed by atoms with Gasteiger partial charge in [-0.3, -0.25) is 10.2 Å². The molecule has 7 heteroatoms. The van der Waals surface area contributed by atoms with E-state index in [-0.39, 0.29) is 11.4 Å². The zero-order valence-electron chi connectivity index (χ0n) is 17.7. The molecule has 2 heterocycles. The number of hydrogen-bond donors (Lipinski definition) is 1. The largest absolute Gasteiger partial charge is 0.490 e. The van der Waals surface area contributed by atoms with Gasteiger partial charge < -0.3 is 14.3 Å². The van der Waals surface area contributed by atoms with Crippen LogP contribution in [0.1, 0.15) is 18.1 Å². The van der Waals surface area contributed by atoms with E-state index >= 15 is 0 Å². The SMILES string of the molecule is C=CCc1ccccc1OCCOc1ccc(/C=C2/C(=N)N3OC(C)=CC3=NC2=O)cc1. The Kier molecular flexibility index (Phi) is 6.17. The lowest BCUT2D eigenvalue weighted by Gasteiger charge is -2.22. The first kappa shape index (κ1) is 21.1. The summed E-state index contributed by atoms with van der Waals surface area (Å²) >= 11 is 0. The van der Waals surface area contributed by atoms with Gasteiger partial charge in [-0.15, -0.1) is 11.6 Å². The summed E-state index contributed by atoms with van der Waals surface area (Å²) in [6.07, 6.45) is 5.84. The first-order valence-corrected chi connectivity index (χ1v) is 10.2. The van der Waals surface area contributed by atoms with Gasteiger partial charge in [0.2, 0.25) is 0 Å². The van der Waals surface area contributed by atoms with Gasteiger partial charge in [-0.1, -0.05) is 36.4 Å². The van der Waals surface area contributed by atoms with E-state index in [0.717, 1.165) is 23.3 Å². The molecule has 0 aliphatic carbocycles. The first-order valence-electron chi connectivity index (χ1n) is 10.2. The molecule has 2 aromatic carbocycles. The predicted molar refractivity (Wildman–Crippen MR) is 123 cm³/mol. The van der Waals surface area contributed by atoms with Crippen molar-refractivity contribution in [1.82, 2.24) is 5.06 Å². The first-order chi connectivity index (χ1) is 15.5. The molecule has 0 fully saturated rings. The van der Waals surface area contributed by atoms with Crippen molar-refractivity contribution >= 4 is 23.7 Å². The highest BCUT2D eigenvalue weighted by Crippen LogP contribution is 2.24. The number of hydrogen-bond acceptors (Lipinski definition) is 5. The van der Waals surface area contributed by atoms with Gasteiger partial charge in [0.15, 0.2) is 11.7 Å². The van der Waals surface area contributed by atoms with Crippen LogP contribution in [0.15, 0.2) is 83.6 Å². The third kappa shape index (κ3) is 4.62. The lowest BCUT2D eigenvalue weighted by Crippen LogP contribution is -2.38. The molecule has 2 aliphatic rings. The standard InChI is InChI=1S/C25H23N3O4/c1-3-6-19-7-4-5-8-22(19)31-14-13-30-20-11-9-18(10-12-20)16-21-24(26)28-23(27-25(21)29)15-17(2)32-28/h3-5,7-12,15-16,26H,1,6,13-14H2,2H3/b21-16-,26-24?. The number of allylic oxidation sites excluding steroid dienone is 2. The molecule has 0 bridgehead atoms. The number of amides is 1. The third-order valence-electron chi connectivity index (χ3n) is 4.82. The van der Waals surface area contributed by atoms with E-state index in [0.29, 0.717) is 30.6 Å². The van der Waals surface area contributed by atoms with E-state index in [1.54, 1.807) is 19.1 Å². The summed E-state index contributed by atoms with van der Waals surface area (Å²) in [5.41, 5.74) is 2.00. The lowest BCUT2D eigenvalue weighted by atomic mass is 10.1. The molecule has 7 nitrogen and oxygen atoms in total. The van der Waals surface area contributed by atoms with Crippen LogP contribution in [0.4, 0.5) is 0 Å². The van der Waals surface area contributed by atoms with Crippen LogP contribution in [0.25, 0.3) is 6.08 Å². The van der Waals surface area contributed by atoms with Crippen LogP contribution in [0.5, 0.6) is 11.5 Å². The maximum Gasteiger partial charge on any atom is 0.282 e. The van der Waals surface area contributed by atoms with Gasteiger partial charge in [0, 0.05) is 6.08 Å². The van der Waals surface area contributed by atoms with Crippen LogP contribution in [-0.2, 0) is 16.1 Å². The second-order valence-corrected chi connectivity index (χ2v) is 7.19. The average Bonchev–Trinajstić information content (AvgIpc) is 3.16. The zero-order valence-corrected chi connectivity index (χ0v) is 17.7. The normalized spacial score (nSPS) is 16.3. The predicted octanol–water partition coefficient (Wildman–Crippen LogP) is 4.32. The molecule has 162 valence electrons. The topological polar surface area (TPSA) is 84.2 Å². The van der Waals surface area contributed by atoms with Crippen molar-refractivity contribution in [3.63, 3.8) is 0 Å². The molecular formula is C25H23N3O4. The Morgan fingerprint density at radius 2 is 1.88 bits per heavy atom. The molecule has 0 saturated carbocycles. The van der Waals surface area contributed by atoms with Crippen molar-refractivity contribution in [3.05, 3.63) is 89.7 Å². The quantitative estimate of drug-likeness (QED) is 0.384. The Bertz CT molecular complexity index is 1150. The fourth-order valence-electron chi connectivity index (χ4n) is 3.31. The van der Waals surface area contributed by atoms with E-state index in [1.807, 2.05) is 54.6 Å². The number of carbonyl (C=O) groups excluding carboxylic acids is 1. The number of rotatable bonds is 8. The second kappa shape index (κ2) is 9.34. The number of benzene rings is 2. The molecule has 0 radical (unpaired) electrons. The number of nitrogens with zero attached hydrogens (tertiary/aromatic N) is 2. The summed E-state index contributed by atoms with van der Waals surface area (Å²) in [5, 5.41) is 9.51. The number of nitrogens with one attached hydrogen (secondary N) is 1. The van der Waals surface area contributed by atoms with E-state index < -0.39 is 5.91 Å². The third-order valence-corrected chi connectivity index (χ3v) is 4.82. The maximum absolute atomic E-state index is 12.3. The van der Waals surface area contributed by atoms with E-state index in [4.69, 9.17) is 19.7 Å². The number of hydroxylamine groups is 2. The molecule has 0 unspecified atom stereocenters. The second-order valence-electron chi connectivity index (χ2n) is 7.19. The Labute approximate surface area is 186 Å². The Balaban J connectivity index is 1.34. The molecule has 0 spiro atoms. The maximum atomic E-state index is 12.3. The molecule has 0 aromatic heterocycles. The smallest absolute Gasteiger partial charge is 0.282 e. The van der Waals surface area contributed by atoms with Crippen molar-refractivity contribution < 1.29 is 19.1 Å². The van der Waals surface area contributed by atoms with E-state index in [9.17, 15) is 4.79 Å². The fourth-order valence-corrected chi connectivity index (χ4v) is 3.31. The van der Waals surface area contributed by atoms with Gasteiger partial charge in [-0.25, -0.2) is 0 Å². The van der Waals surface area contributed by atoms with Crippen LogP contribution in [0.2, 0.25) is 0 Å². The van der Waals surface area contributed by atoms with Gasteiger partial charge in [0.25, 0.3) is 5.91 Å². The minimum absolute atomic E-state index is 0.0395. The van der Waals surface area contributed by atoms with Crippen molar-refractivity contribution in [2.75, 3.05) is 13.2 Å². The van der Waals surface area contributed by atoms with Crippen molar-refractivity contribution in [2.45, 2.75) is 13.3 Å². The summed E-state index contributed by atoms with van der Waals surface area (Å²) in [6, 6.07) is 15.1. The summed E-state index contributed by atoms with van der Waals surface area (Å²) in [5.74, 6) is 1.91. The fraction of sp³-hybridized carbons (Fsp3) is 0.160. The van der Waals surface area contributed by atoms with E-state index in [1.165, 1.54) is 5.06 Å².